The number of para-hydroxylation sites is 1. The summed E-state index contributed by atoms with van der Waals surface area (Å²) in [5.41, 5.74) is 2.04. The number of halogens is 2. The summed E-state index contributed by atoms with van der Waals surface area (Å²) >= 11 is 6.04. The van der Waals surface area contributed by atoms with Gasteiger partial charge in [-0.3, -0.25) is 4.79 Å². The molecule has 0 saturated heterocycles. The van der Waals surface area contributed by atoms with Crippen LogP contribution in [0.3, 0.4) is 0 Å². The summed E-state index contributed by atoms with van der Waals surface area (Å²) in [6.07, 6.45) is 3.51. The number of aromatic nitrogens is 2. The van der Waals surface area contributed by atoms with Crippen LogP contribution < -0.4 is 10.1 Å². The number of hydrogen-bond acceptors (Lipinski definition) is 3. The Balaban J connectivity index is 1.58. The molecule has 1 aromatic heterocycles. The Morgan fingerprint density at radius 2 is 1.81 bits per heavy atom. The zero-order valence-electron chi connectivity index (χ0n) is 17.3. The summed E-state index contributed by atoms with van der Waals surface area (Å²) < 4.78 is 20.9. The second-order valence-corrected chi connectivity index (χ2v) is 7.70. The molecule has 0 saturated carbocycles. The molecule has 4 aromatic rings. The van der Waals surface area contributed by atoms with E-state index in [4.69, 9.17) is 16.3 Å². The number of amides is 1. The van der Waals surface area contributed by atoms with Gasteiger partial charge in [-0.25, -0.2) is 9.37 Å². The monoisotopic (exact) mass is 449 g/mol. The Morgan fingerprint density at radius 1 is 1.09 bits per heavy atom. The minimum Gasteiger partial charge on any atom is -0.488 e. The van der Waals surface area contributed by atoms with Crippen molar-refractivity contribution in [2.24, 2.45) is 7.05 Å². The molecule has 1 unspecified atom stereocenters. The van der Waals surface area contributed by atoms with Crippen molar-refractivity contribution in [2.45, 2.75) is 12.6 Å². The van der Waals surface area contributed by atoms with Gasteiger partial charge in [0.2, 0.25) is 0 Å². The molecule has 5 nitrogen and oxygen atoms in total. The van der Waals surface area contributed by atoms with Gasteiger partial charge in [0.05, 0.1) is 5.56 Å². The molecule has 0 fully saturated rings. The molecule has 0 aliphatic heterocycles. The minimum atomic E-state index is -0.482. The van der Waals surface area contributed by atoms with Gasteiger partial charge in [-0.05, 0) is 47.5 Å². The van der Waals surface area contributed by atoms with Crippen molar-refractivity contribution < 1.29 is 13.9 Å². The van der Waals surface area contributed by atoms with E-state index in [0.717, 1.165) is 11.1 Å². The molecule has 3 aromatic carbocycles. The fourth-order valence-electron chi connectivity index (χ4n) is 3.34. The average Bonchev–Trinajstić information content (AvgIpc) is 3.23. The van der Waals surface area contributed by atoms with Gasteiger partial charge in [0.25, 0.3) is 5.91 Å². The number of hydrogen-bond donors (Lipinski definition) is 1. The van der Waals surface area contributed by atoms with Crippen molar-refractivity contribution in [1.29, 1.82) is 0 Å². The molecular weight excluding hydrogens is 429 g/mol. The quantitative estimate of drug-likeness (QED) is 0.416. The fourth-order valence-corrected chi connectivity index (χ4v) is 3.46. The first kappa shape index (κ1) is 21.6. The van der Waals surface area contributed by atoms with Crippen LogP contribution in [0.2, 0.25) is 5.02 Å². The predicted molar refractivity (Wildman–Crippen MR) is 121 cm³/mol. The summed E-state index contributed by atoms with van der Waals surface area (Å²) in [6.45, 7) is 0.213. The number of ether oxygens (including phenoxy) is 1. The van der Waals surface area contributed by atoms with Gasteiger partial charge in [0.15, 0.2) is 0 Å². The first-order valence-corrected chi connectivity index (χ1v) is 10.4. The number of imidazole rings is 1. The topological polar surface area (TPSA) is 56.2 Å². The molecule has 4 rings (SSSR count). The molecule has 1 N–H and O–H groups in total. The highest BCUT2D eigenvalue weighted by Crippen LogP contribution is 2.25. The highest BCUT2D eigenvalue weighted by Gasteiger charge is 2.23. The third-order valence-electron chi connectivity index (χ3n) is 5.03. The Morgan fingerprint density at radius 3 is 2.50 bits per heavy atom. The molecule has 0 bridgehead atoms. The van der Waals surface area contributed by atoms with E-state index in [-0.39, 0.29) is 18.3 Å². The molecule has 1 atom stereocenters. The minimum absolute atomic E-state index is 0.213. The van der Waals surface area contributed by atoms with Crippen LogP contribution >= 0.6 is 11.6 Å². The van der Waals surface area contributed by atoms with Gasteiger partial charge in [-0.1, -0.05) is 48.0 Å². The number of aryl methyl sites for hydroxylation is 1. The predicted octanol–water partition coefficient (Wildman–Crippen LogP) is 5.31. The molecule has 1 heterocycles. The maximum absolute atomic E-state index is 13.3. The number of carbonyl (C=O) groups is 1. The maximum Gasteiger partial charge on any atom is 0.255 e. The highest BCUT2D eigenvalue weighted by molar-refractivity contribution is 6.30. The second kappa shape index (κ2) is 9.66. The molecule has 1 amide bonds. The number of carbonyl (C=O) groups excluding carboxylic acids is 1. The van der Waals surface area contributed by atoms with Crippen LogP contribution in [0, 0.1) is 5.82 Å². The van der Waals surface area contributed by atoms with E-state index >= 15 is 0 Å². The van der Waals surface area contributed by atoms with Crippen LogP contribution in [0.4, 0.5) is 4.39 Å². The zero-order valence-corrected chi connectivity index (χ0v) is 18.1. The lowest BCUT2D eigenvalue weighted by molar-refractivity contribution is 0.0936. The SMILES string of the molecule is Cn1ccnc1C(NC(=O)c1ccccc1OCc1ccc(F)cc1)c1ccc(Cl)cc1. The largest absolute Gasteiger partial charge is 0.488 e. The van der Waals surface area contributed by atoms with E-state index in [1.807, 2.05) is 29.9 Å². The van der Waals surface area contributed by atoms with Crippen molar-refractivity contribution in [3.05, 3.63) is 119 Å². The first-order chi connectivity index (χ1) is 15.5. The normalized spacial score (nSPS) is 11.7. The lowest BCUT2D eigenvalue weighted by Gasteiger charge is -2.20. The fraction of sp³-hybridized carbons (Fsp3) is 0.120. The van der Waals surface area contributed by atoms with Crippen molar-refractivity contribution >= 4 is 17.5 Å². The number of nitrogens with zero attached hydrogens (tertiary/aromatic N) is 2. The summed E-state index contributed by atoms with van der Waals surface area (Å²) in [5.74, 6) is 0.508. The summed E-state index contributed by atoms with van der Waals surface area (Å²) in [4.78, 5) is 17.7. The standard InChI is InChI=1S/C25H21ClFN3O2/c1-30-15-14-28-24(30)23(18-8-10-19(26)11-9-18)29-25(31)21-4-2-3-5-22(21)32-16-17-6-12-20(27)13-7-17/h2-15,23H,16H2,1H3,(H,29,31). The van der Waals surface area contributed by atoms with E-state index in [9.17, 15) is 9.18 Å². The molecule has 162 valence electrons. The third kappa shape index (κ3) is 4.98. The van der Waals surface area contributed by atoms with E-state index in [2.05, 4.69) is 10.3 Å². The van der Waals surface area contributed by atoms with Crippen molar-refractivity contribution in [1.82, 2.24) is 14.9 Å². The summed E-state index contributed by atoms with van der Waals surface area (Å²) in [5, 5.41) is 3.67. The Bertz CT molecular complexity index is 1210. The van der Waals surface area contributed by atoms with Gasteiger partial charge in [-0.15, -0.1) is 0 Å². The highest BCUT2D eigenvalue weighted by atomic mass is 35.5. The van der Waals surface area contributed by atoms with E-state index < -0.39 is 6.04 Å². The van der Waals surface area contributed by atoms with Gasteiger partial charge >= 0.3 is 0 Å². The summed E-state index contributed by atoms with van der Waals surface area (Å²) in [6, 6.07) is 19.8. The number of benzene rings is 3. The molecule has 32 heavy (non-hydrogen) atoms. The van der Waals surface area contributed by atoms with Crippen molar-refractivity contribution in [3.63, 3.8) is 0 Å². The molecule has 7 heteroatoms. The molecule has 0 spiro atoms. The van der Waals surface area contributed by atoms with E-state index in [1.54, 1.807) is 54.7 Å². The van der Waals surface area contributed by atoms with Crippen LogP contribution in [0.15, 0.2) is 85.2 Å². The maximum atomic E-state index is 13.3. The van der Waals surface area contributed by atoms with Gasteiger partial charge in [0, 0.05) is 24.5 Å². The Labute approximate surface area is 190 Å². The lowest BCUT2D eigenvalue weighted by Crippen LogP contribution is -2.31. The lowest BCUT2D eigenvalue weighted by atomic mass is 10.0. The van der Waals surface area contributed by atoms with Crippen LogP contribution in [-0.2, 0) is 13.7 Å². The molecule has 0 aliphatic rings. The zero-order chi connectivity index (χ0) is 22.5. The second-order valence-electron chi connectivity index (χ2n) is 7.27. The van der Waals surface area contributed by atoms with Crippen LogP contribution in [-0.4, -0.2) is 15.5 Å². The van der Waals surface area contributed by atoms with Crippen LogP contribution in [0.5, 0.6) is 5.75 Å². The average molecular weight is 450 g/mol. The van der Waals surface area contributed by atoms with Gasteiger partial charge in [-0.2, -0.15) is 0 Å². The molecule has 0 aliphatic carbocycles. The third-order valence-corrected chi connectivity index (χ3v) is 5.29. The van der Waals surface area contributed by atoms with E-state index in [0.29, 0.717) is 22.2 Å². The Hall–Kier alpha value is -3.64. The van der Waals surface area contributed by atoms with Crippen molar-refractivity contribution in [2.75, 3.05) is 0 Å². The summed E-state index contributed by atoms with van der Waals surface area (Å²) in [7, 11) is 1.87. The molecular formula is C25H21ClFN3O2. The van der Waals surface area contributed by atoms with Gasteiger partial charge in [0.1, 0.15) is 30.0 Å². The smallest absolute Gasteiger partial charge is 0.255 e. The first-order valence-electron chi connectivity index (χ1n) is 10.0. The van der Waals surface area contributed by atoms with Gasteiger partial charge < -0.3 is 14.6 Å². The Kier molecular flexibility index (Phi) is 6.52. The number of nitrogens with one attached hydrogen (secondary N) is 1. The van der Waals surface area contributed by atoms with Crippen molar-refractivity contribution in [3.8, 4) is 5.75 Å². The van der Waals surface area contributed by atoms with E-state index in [1.165, 1.54) is 12.1 Å². The molecule has 0 radical (unpaired) electrons. The van der Waals surface area contributed by atoms with Crippen LogP contribution in [0.1, 0.15) is 33.4 Å². The van der Waals surface area contributed by atoms with Crippen LogP contribution in [0.25, 0.3) is 0 Å². The number of rotatable bonds is 7.